The first kappa shape index (κ1) is 10.3. The lowest BCUT2D eigenvalue weighted by atomic mass is 9.76. The van der Waals surface area contributed by atoms with Crippen LogP contribution < -0.4 is 10.6 Å². The Morgan fingerprint density at radius 3 is 2.25 bits per heavy atom. The first-order chi connectivity index (χ1) is 7.65. The molecule has 0 amide bonds. The third-order valence-electron chi connectivity index (χ3n) is 3.53. The fourth-order valence-corrected chi connectivity index (χ4v) is 4.44. The average Bonchev–Trinajstić information content (AvgIpc) is 2.14. The minimum atomic E-state index is -3.22. The first-order valence-corrected chi connectivity index (χ1v) is 6.93. The molecular formula is C11H14N2O2S. The summed E-state index contributed by atoms with van der Waals surface area (Å²) < 4.78 is 24.7. The summed E-state index contributed by atoms with van der Waals surface area (Å²) in [5.74, 6) is 0. The first-order valence-electron chi connectivity index (χ1n) is 5.38. The van der Waals surface area contributed by atoms with Crippen LogP contribution in [0.1, 0.15) is 0 Å². The Kier molecular flexibility index (Phi) is 2.11. The van der Waals surface area contributed by atoms with Crippen LogP contribution in [0.3, 0.4) is 0 Å². The van der Waals surface area contributed by atoms with E-state index in [1.807, 2.05) is 6.07 Å². The molecule has 0 aromatic heterocycles. The number of nitrogens with one attached hydrogen (secondary N) is 2. The quantitative estimate of drug-likeness (QED) is 0.760. The highest BCUT2D eigenvalue weighted by Crippen LogP contribution is 2.38. The lowest BCUT2D eigenvalue weighted by molar-refractivity contribution is 0.0642. The Balaban J connectivity index is 1.95. The van der Waals surface area contributed by atoms with Gasteiger partial charge in [0.15, 0.2) is 9.84 Å². The van der Waals surface area contributed by atoms with Gasteiger partial charge in [-0.25, -0.2) is 8.42 Å². The Morgan fingerprint density at radius 1 is 1.12 bits per heavy atom. The van der Waals surface area contributed by atoms with Gasteiger partial charge in [-0.3, -0.25) is 5.32 Å². The Labute approximate surface area is 95.0 Å². The van der Waals surface area contributed by atoms with Gasteiger partial charge in [0.2, 0.25) is 0 Å². The molecule has 2 aliphatic heterocycles. The van der Waals surface area contributed by atoms with E-state index in [4.69, 9.17) is 0 Å². The molecule has 2 aliphatic rings. The monoisotopic (exact) mass is 238 g/mol. The standard InChI is InChI=1S/C11H14N2O2S/c14-16(15,9-4-2-1-3-5-9)10-11(8-13-10)6-12-7-11/h1-5,10,12-13H,6-8H2. The normalized spacial score (nSPS) is 27.1. The van der Waals surface area contributed by atoms with Crippen molar-refractivity contribution in [1.29, 1.82) is 0 Å². The zero-order valence-electron chi connectivity index (χ0n) is 8.81. The van der Waals surface area contributed by atoms with Gasteiger partial charge < -0.3 is 5.32 Å². The van der Waals surface area contributed by atoms with Gasteiger partial charge in [-0.1, -0.05) is 18.2 Å². The van der Waals surface area contributed by atoms with Gasteiger partial charge in [-0.05, 0) is 12.1 Å². The summed E-state index contributed by atoms with van der Waals surface area (Å²) in [6, 6.07) is 8.67. The highest BCUT2D eigenvalue weighted by atomic mass is 32.2. The van der Waals surface area contributed by atoms with Gasteiger partial charge in [-0.2, -0.15) is 0 Å². The molecule has 0 radical (unpaired) electrons. The molecule has 1 atom stereocenters. The number of benzene rings is 1. The largest absolute Gasteiger partial charge is 0.315 e. The van der Waals surface area contributed by atoms with Crippen molar-refractivity contribution in [3.05, 3.63) is 30.3 Å². The fraction of sp³-hybridized carbons (Fsp3) is 0.455. The van der Waals surface area contributed by atoms with Gasteiger partial charge in [0.1, 0.15) is 5.37 Å². The molecule has 1 aromatic carbocycles. The Bertz CT molecular complexity index is 488. The van der Waals surface area contributed by atoms with Crippen molar-refractivity contribution in [3.8, 4) is 0 Å². The summed E-state index contributed by atoms with van der Waals surface area (Å²) in [7, 11) is -3.22. The summed E-state index contributed by atoms with van der Waals surface area (Å²) in [6.07, 6.45) is 0. The molecule has 86 valence electrons. The third kappa shape index (κ3) is 1.25. The van der Waals surface area contributed by atoms with Crippen molar-refractivity contribution in [2.75, 3.05) is 19.6 Å². The molecule has 1 unspecified atom stereocenters. The topological polar surface area (TPSA) is 58.2 Å². The second kappa shape index (κ2) is 3.29. The van der Waals surface area contributed by atoms with Crippen LogP contribution in [0.2, 0.25) is 0 Å². The van der Waals surface area contributed by atoms with Crippen LogP contribution in [0.25, 0.3) is 0 Å². The highest BCUT2D eigenvalue weighted by Gasteiger charge is 2.57. The number of hydrogen-bond donors (Lipinski definition) is 2. The zero-order chi connectivity index (χ0) is 11.2. The lowest BCUT2D eigenvalue weighted by Crippen LogP contribution is -2.77. The van der Waals surface area contributed by atoms with Crippen molar-refractivity contribution in [3.63, 3.8) is 0 Å². The van der Waals surface area contributed by atoms with E-state index in [2.05, 4.69) is 10.6 Å². The molecule has 3 rings (SSSR count). The second-order valence-corrected chi connectivity index (χ2v) is 6.62. The Morgan fingerprint density at radius 2 is 1.81 bits per heavy atom. The van der Waals surface area contributed by atoms with Gasteiger partial charge in [-0.15, -0.1) is 0 Å². The molecule has 0 saturated carbocycles. The van der Waals surface area contributed by atoms with Gasteiger partial charge in [0.05, 0.1) is 4.90 Å². The van der Waals surface area contributed by atoms with E-state index in [1.165, 1.54) is 0 Å². The smallest absolute Gasteiger partial charge is 0.194 e. The van der Waals surface area contributed by atoms with Crippen molar-refractivity contribution in [2.45, 2.75) is 10.3 Å². The molecular weight excluding hydrogens is 224 g/mol. The maximum atomic E-state index is 12.3. The van der Waals surface area contributed by atoms with E-state index in [9.17, 15) is 8.42 Å². The number of hydrogen-bond acceptors (Lipinski definition) is 4. The summed E-state index contributed by atoms with van der Waals surface area (Å²) in [5, 5.41) is 5.79. The van der Waals surface area contributed by atoms with Crippen molar-refractivity contribution in [2.24, 2.45) is 5.41 Å². The molecule has 1 aromatic rings. The molecule has 1 spiro atoms. The van der Waals surface area contributed by atoms with E-state index in [-0.39, 0.29) is 5.41 Å². The number of rotatable bonds is 2. The van der Waals surface area contributed by atoms with E-state index in [1.54, 1.807) is 24.3 Å². The minimum absolute atomic E-state index is 0.0608. The molecule has 2 N–H and O–H groups in total. The van der Waals surface area contributed by atoms with Crippen molar-refractivity contribution in [1.82, 2.24) is 10.6 Å². The zero-order valence-corrected chi connectivity index (χ0v) is 9.63. The van der Waals surface area contributed by atoms with E-state index >= 15 is 0 Å². The molecule has 16 heavy (non-hydrogen) atoms. The summed E-state index contributed by atoms with van der Waals surface area (Å²) in [5.41, 5.74) is -0.0608. The molecule has 0 aliphatic carbocycles. The SMILES string of the molecule is O=S(=O)(c1ccccc1)C1NCC12CNC2. The fourth-order valence-electron chi connectivity index (χ4n) is 2.42. The van der Waals surface area contributed by atoms with Crippen LogP contribution in [0.4, 0.5) is 0 Å². The maximum Gasteiger partial charge on any atom is 0.194 e. The van der Waals surface area contributed by atoms with Crippen LogP contribution in [-0.4, -0.2) is 33.4 Å². The van der Waals surface area contributed by atoms with Gasteiger partial charge in [0.25, 0.3) is 0 Å². The maximum absolute atomic E-state index is 12.3. The van der Waals surface area contributed by atoms with E-state index in [0.29, 0.717) is 4.90 Å². The highest BCUT2D eigenvalue weighted by molar-refractivity contribution is 7.92. The number of sulfone groups is 1. The molecule has 0 bridgehead atoms. The van der Waals surface area contributed by atoms with Crippen LogP contribution in [0.5, 0.6) is 0 Å². The van der Waals surface area contributed by atoms with Crippen molar-refractivity contribution < 1.29 is 8.42 Å². The summed E-state index contributed by atoms with van der Waals surface area (Å²) in [4.78, 5) is 0.415. The predicted octanol–water partition coefficient (Wildman–Crippen LogP) is -0.0208. The van der Waals surface area contributed by atoms with E-state index < -0.39 is 15.2 Å². The Hall–Kier alpha value is -0.910. The second-order valence-electron chi connectivity index (χ2n) is 4.58. The average molecular weight is 238 g/mol. The summed E-state index contributed by atoms with van der Waals surface area (Å²) >= 11 is 0. The van der Waals surface area contributed by atoms with Gasteiger partial charge >= 0.3 is 0 Å². The molecule has 2 heterocycles. The molecule has 2 saturated heterocycles. The molecule has 4 nitrogen and oxygen atoms in total. The van der Waals surface area contributed by atoms with Crippen LogP contribution in [0, 0.1) is 5.41 Å². The lowest BCUT2D eigenvalue weighted by Gasteiger charge is -2.55. The summed E-state index contributed by atoms with van der Waals surface area (Å²) in [6.45, 7) is 2.41. The molecule has 2 fully saturated rings. The predicted molar refractivity (Wildman–Crippen MR) is 60.7 cm³/mol. The van der Waals surface area contributed by atoms with Crippen LogP contribution >= 0.6 is 0 Å². The third-order valence-corrected chi connectivity index (χ3v) is 5.75. The van der Waals surface area contributed by atoms with Crippen LogP contribution in [0.15, 0.2) is 35.2 Å². The van der Waals surface area contributed by atoms with Gasteiger partial charge in [0, 0.05) is 25.0 Å². The van der Waals surface area contributed by atoms with Crippen molar-refractivity contribution >= 4 is 9.84 Å². The van der Waals surface area contributed by atoms with Crippen LogP contribution in [-0.2, 0) is 9.84 Å². The van der Waals surface area contributed by atoms with E-state index in [0.717, 1.165) is 19.6 Å². The molecule has 5 heteroatoms. The minimum Gasteiger partial charge on any atom is -0.315 e.